The van der Waals surface area contributed by atoms with Crippen molar-refractivity contribution < 1.29 is 0 Å². The van der Waals surface area contributed by atoms with Crippen LogP contribution in [0.4, 0.5) is 11.8 Å². The van der Waals surface area contributed by atoms with E-state index in [2.05, 4.69) is 67.4 Å². The SMILES string of the molecule is CCN(CC)c1nc(NCc2ccccc2C)cc(-c2ccccc2)n1. The van der Waals surface area contributed by atoms with Gasteiger partial charge in [0, 0.05) is 31.3 Å². The summed E-state index contributed by atoms with van der Waals surface area (Å²) >= 11 is 0. The number of anilines is 2. The second-order valence-electron chi connectivity index (χ2n) is 6.26. The summed E-state index contributed by atoms with van der Waals surface area (Å²) in [4.78, 5) is 11.7. The molecule has 1 heterocycles. The van der Waals surface area contributed by atoms with Crippen molar-refractivity contribution in [3.05, 3.63) is 71.8 Å². The Bertz CT molecular complexity index is 842. The number of rotatable bonds is 7. The van der Waals surface area contributed by atoms with E-state index in [1.807, 2.05) is 24.3 Å². The van der Waals surface area contributed by atoms with E-state index in [4.69, 9.17) is 9.97 Å². The molecule has 0 amide bonds. The van der Waals surface area contributed by atoms with Gasteiger partial charge in [-0.25, -0.2) is 4.98 Å². The molecular weight excluding hydrogens is 320 g/mol. The van der Waals surface area contributed by atoms with Crippen molar-refractivity contribution in [2.45, 2.75) is 27.3 Å². The number of benzene rings is 2. The molecule has 0 spiro atoms. The van der Waals surface area contributed by atoms with Crippen molar-refractivity contribution >= 4 is 11.8 Å². The predicted molar refractivity (Wildman–Crippen MR) is 110 cm³/mol. The second kappa shape index (κ2) is 8.48. The predicted octanol–water partition coefficient (Wildman–Crippen LogP) is 4.91. The van der Waals surface area contributed by atoms with Crippen molar-refractivity contribution in [1.29, 1.82) is 0 Å². The lowest BCUT2D eigenvalue weighted by Gasteiger charge is -2.20. The van der Waals surface area contributed by atoms with E-state index < -0.39 is 0 Å². The Morgan fingerprint density at radius 2 is 1.58 bits per heavy atom. The maximum absolute atomic E-state index is 4.79. The number of nitrogens with one attached hydrogen (secondary N) is 1. The number of nitrogens with zero attached hydrogens (tertiary/aromatic N) is 3. The van der Waals surface area contributed by atoms with Crippen LogP contribution in [0.1, 0.15) is 25.0 Å². The summed E-state index contributed by atoms with van der Waals surface area (Å²) in [6.45, 7) is 8.90. The topological polar surface area (TPSA) is 41.1 Å². The number of aryl methyl sites for hydroxylation is 1. The summed E-state index contributed by atoms with van der Waals surface area (Å²) < 4.78 is 0. The Labute approximate surface area is 155 Å². The number of aromatic nitrogens is 2. The first-order valence-electron chi connectivity index (χ1n) is 9.19. The molecule has 3 aromatic rings. The molecule has 0 unspecified atom stereocenters. The standard InChI is InChI=1S/C22H26N4/c1-4-26(5-2)22-24-20(18-12-7-6-8-13-18)15-21(25-22)23-16-19-14-10-9-11-17(19)3/h6-15H,4-5,16H2,1-3H3,(H,23,24,25). The normalized spacial score (nSPS) is 10.6. The zero-order chi connectivity index (χ0) is 18.4. The van der Waals surface area contributed by atoms with E-state index >= 15 is 0 Å². The molecule has 1 N–H and O–H groups in total. The van der Waals surface area contributed by atoms with Gasteiger partial charge in [-0.2, -0.15) is 4.98 Å². The molecule has 3 rings (SSSR count). The van der Waals surface area contributed by atoms with E-state index in [1.54, 1.807) is 0 Å². The first-order chi connectivity index (χ1) is 12.7. The van der Waals surface area contributed by atoms with E-state index in [0.717, 1.165) is 42.7 Å². The maximum Gasteiger partial charge on any atom is 0.227 e. The van der Waals surface area contributed by atoms with Crippen LogP contribution in [0.2, 0.25) is 0 Å². The Kier molecular flexibility index (Phi) is 5.84. The average Bonchev–Trinajstić information content (AvgIpc) is 2.69. The third-order valence-electron chi connectivity index (χ3n) is 4.55. The molecule has 4 heteroatoms. The molecule has 134 valence electrons. The Hall–Kier alpha value is -2.88. The van der Waals surface area contributed by atoms with Crippen LogP contribution in [0, 0.1) is 6.92 Å². The van der Waals surface area contributed by atoms with Gasteiger partial charge in [-0.1, -0.05) is 54.6 Å². The summed E-state index contributed by atoms with van der Waals surface area (Å²) in [5.41, 5.74) is 4.59. The number of hydrogen-bond donors (Lipinski definition) is 1. The van der Waals surface area contributed by atoms with Crippen molar-refractivity contribution in [3.8, 4) is 11.3 Å². The molecule has 0 bridgehead atoms. The fourth-order valence-corrected chi connectivity index (χ4v) is 2.92. The highest BCUT2D eigenvalue weighted by atomic mass is 15.3. The molecule has 0 aliphatic heterocycles. The third kappa shape index (κ3) is 4.20. The summed E-state index contributed by atoms with van der Waals surface area (Å²) in [5, 5.41) is 3.48. The smallest absolute Gasteiger partial charge is 0.227 e. The fourth-order valence-electron chi connectivity index (χ4n) is 2.92. The summed E-state index contributed by atoms with van der Waals surface area (Å²) in [6.07, 6.45) is 0. The van der Waals surface area contributed by atoms with Gasteiger partial charge in [-0.05, 0) is 31.9 Å². The molecule has 4 nitrogen and oxygen atoms in total. The molecule has 0 radical (unpaired) electrons. The highest BCUT2D eigenvalue weighted by Gasteiger charge is 2.11. The summed E-state index contributed by atoms with van der Waals surface area (Å²) in [5.74, 6) is 1.62. The lowest BCUT2D eigenvalue weighted by atomic mass is 10.1. The molecule has 0 aliphatic rings. The van der Waals surface area contributed by atoms with E-state index in [-0.39, 0.29) is 0 Å². The third-order valence-corrected chi connectivity index (χ3v) is 4.55. The molecule has 26 heavy (non-hydrogen) atoms. The van der Waals surface area contributed by atoms with Crippen LogP contribution in [0.5, 0.6) is 0 Å². The molecular formula is C22H26N4. The van der Waals surface area contributed by atoms with Crippen LogP contribution in [-0.4, -0.2) is 23.1 Å². The minimum Gasteiger partial charge on any atom is -0.366 e. The zero-order valence-corrected chi connectivity index (χ0v) is 15.7. The van der Waals surface area contributed by atoms with Gasteiger partial charge in [0.1, 0.15) is 5.82 Å². The molecule has 0 atom stereocenters. The Balaban J connectivity index is 1.93. The van der Waals surface area contributed by atoms with Crippen molar-refractivity contribution in [2.75, 3.05) is 23.3 Å². The molecule has 0 aliphatic carbocycles. The zero-order valence-electron chi connectivity index (χ0n) is 15.7. The van der Waals surface area contributed by atoms with Crippen molar-refractivity contribution in [1.82, 2.24) is 9.97 Å². The van der Waals surface area contributed by atoms with Crippen LogP contribution >= 0.6 is 0 Å². The van der Waals surface area contributed by atoms with Crippen LogP contribution in [0.25, 0.3) is 11.3 Å². The molecule has 2 aromatic carbocycles. The van der Waals surface area contributed by atoms with Gasteiger partial charge < -0.3 is 10.2 Å². The van der Waals surface area contributed by atoms with Crippen LogP contribution in [-0.2, 0) is 6.54 Å². The van der Waals surface area contributed by atoms with Gasteiger partial charge >= 0.3 is 0 Å². The minimum absolute atomic E-state index is 0.746. The number of hydrogen-bond acceptors (Lipinski definition) is 4. The van der Waals surface area contributed by atoms with Crippen LogP contribution in [0.3, 0.4) is 0 Å². The van der Waals surface area contributed by atoms with Gasteiger partial charge in [0.2, 0.25) is 5.95 Å². The van der Waals surface area contributed by atoms with E-state index in [9.17, 15) is 0 Å². The lowest BCUT2D eigenvalue weighted by molar-refractivity contribution is 0.822. The van der Waals surface area contributed by atoms with Gasteiger partial charge in [-0.3, -0.25) is 0 Å². The first-order valence-corrected chi connectivity index (χ1v) is 9.19. The molecule has 0 fully saturated rings. The minimum atomic E-state index is 0.746. The van der Waals surface area contributed by atoms with Gasteiger partial charge in [0.05, 0.1) is 5.69 Å². The fraction of sp³-hybridized carbons (Fsp3) is 0.273. The summed E-state index contributed by atoms with van der Waals surface area (Å²) in [7, 11) is 0. The Morgan fingerprint density at radius 1 is 0.885 bits per heavy atom. The lowest BCUT2D eigenvalue weighted by Crippen LogP contribution is -2.24. The molecule has 0 saturated heterocycles. The van der Waals surface area contributed by atoms with Crippen molar-refractivity contribution in [2.24, 2.45) is 0 Å². The van der Waals surface area contributed by atoms with E-state index in [1.165, 1.54) is 11.1 Å². The monoisotopic (exact) mass is 346 g/mol. The van der Waals surface area contributed by atoms with Gasteiger partial charge in [0.15, 0.2) is 0 Å². The summed E-state index contributed by atoms with van der Waals surface area (Å²) in [6, 6.07) is 20.7. The molecule has 0 saturated carbocycles. The van der Waals surface area contributed by atoms with Crippen LogP contribution < -0.4 is 10.2 Å². The second-order valence-corrected chi connectivity index (χ2v) is 6.26. The largest absolute Gasteiger partial charge is 0.366 e. The van der Waals surface area contributed by atoms with Gasteiger partial charge in [0.25, 0.3) is 0 Å². The highest BCUT2D eigenvalue weighted by molar-refractivity contribution is 5.64. The first kappa shape index (κ1) is 17.9. The van der Waals surface area contributed by atoms with Crippen molar-refractivity contribution in [3.63, 3.8) is 0 Å². The van der Waals surface area contributed by atoms with Gasteiger partial charge in [-0.15, -0.1) is 0 Å². The maximum atomic E-state index is 4.79. The highest BCUT2D eigenvalue weighted by Crippen LogP contribution is 2.23. The Morgan fingerprint density at radius 3 is 2.27 bits per heavy atom. The van der Waals surface area contributed by atoms with E-state index in [0.29, 0.717) is 0 Å². The average molecular weight is 346 g/mol. The quantitative estimate of drug-likeness (QED) is 0.660. The van der Waals surface area contributed by atoms with Crippen LogP contribution in [0.15, 0.2) is 60.7 Å². The molecule has 1 aromatic heterocycles.